The maximum Gasteiger partial charge on any atom is 0.222 e. The molecule has 0 bridgehead atoms. The Morgan fingerprint density at radius 1 is 1.23 bits per heavy atom. The summed E-state index contributed by atoms with van der Waals surface area (Å²) in [6, 6.07) is 11.2. The molecule has 0 aliphatic carbocycles. The van der Waals surface area contributed by atoms with Crippen molar-refractivity contribution in [3.05, 3.63) is 64.3 Å². The highest BCUT2D eigenvalue weighted by atomic mass is 35.5. The van der Waals surface area contributed by atoms with Gasteiger partial charge in [0.25, 0.3) is 0 Å². The largest absolute Gasteiger partial charge is 0.494 e. The first-order chi connectivity index (χ1) is 15.0. The van der Waals surface area contributed by atoms with Crippen LogP contribution >= 0.6 is 23.8 Å². The maximum atomic E-state index is 12.4. The maximum absolute atomic E-state index is 12.4. The first kappa shape index (κ1) is 21.1. The number of carbonyl (C=O) groups is 1. The van der Waals surface area contributed by atoms with Crippen LogP contribution in [0, 0.1) is 4.77 Å². The highest BCUT2D eigenvalue weighted by molar-refractivity contribution is 7.71. The van der Waals surface area contributed by atoms with Crippen molar-refractivity contribution in [1.82, 2.24) is 29.5 Å². The predicted octanol–water partition coefficient (Wildman–Crippen LogP) is 4.01. The van der Waals surface area contributed by atoms with Crippen LogP contribution in [0.15, 0.2) is 48.8 Å². The number of rotatable bonds is 8. The van der Waals surface area contributed by atoms with Gasteiger partial charge in [-0.05, 0) is 55.5 Å². The second-order valence-electron chi connectivity index (χ2n) is 6.83. The molecular weight excluding hydrogens is 436 g/mol. The molecule has 0 radical (unpaired) electrons. The van der Waals surface area contributed by atoms with Crippen molar-refractivity contribution >= 4 is 35.4 Å². The Morgan fingerprint density at radius 2 is 2.03 bits per heavy atom. The number of ether oxygens (including phenoxy) is 1. The summed E-state index contributed by atoms with van der Waals surface area (Å²) in [5.74, 6) is 1.37. The van der Waals surface area contributed by atoms with Crippen LogP contribution in [0.5, 0.6) is 5.75 Å². The van der Waals surface area contributed by atoms with Crippen molar-refractivity contribution in [1.29, 1.82) is 0 Å². The van der Waals surface area contributed by atoms with E-state index in [-0.39, 0.29) is 12.3 Å². The van der Waals surface area contributed by atoms with Gasteiger partial charge in [0.15, 0.2) is 10.6 Å². The van der Waals surface area contributed by atoms with Crippen LogP contribution in [0.4, 0.5) is 0 Å². The molecule has 0 spiro atoms. The van der Waals surface area contributed by atoms with Crippen LogP contribution in [-0.2, 0) is 17.9 Å². The van der Waals surface area contributed by atoms with Gasteiger partial charge in [-0.1, -0.05) is 11.6 Å². The van der Waals surface area contributed by atoms with E-state index >= 15 is 0 Å². The number of H-pyrrole nitrogens is 1. The number of pyridine rings is 1. The minimum absolute atomic E-state index is 0.101. The highest BCUT2D eigenvalue weighted by Crippen LogP contribution is 2.21. The number of amides is 1. The van der Waals surface area contributed by atoms with Crippen molar-refractivity contribution in [2.75, 3.05) is 6.61 Å². The van der Waals surface area contributed by atoms with Crippen molar-refractivity contribution in [3.63, 3.8) is 0 Å². The van der Waals surface area contributed by atoms with Gasteiger partial charge in [0.05, 0.1) is 23.9 Å². The Kier molecular flexibility index (Phi) is 6.34. The van der Waals surface area contributed by atoms with Crippen LogP contribution < -0.4 is 10.1 Å². The minimum Gasteiger partial charge on any atom is -0.494 e. The molecule has 1 aromatic carbocycles. The van der Waals surface area contributed by atoms with Gasteiger partial charge in [-0.15, -0.1) is 0 Å². The molecule has 0 aliphatic rings. The second-order valence-corrected chi connectivity index (χ2v) is 7.66. The number of nitrogens with one attached hydrogen (secondary N) is 2. The normalized spacial score (nSPS) is 11.0. The molecule has 8 nitrogen and oxygen atoms in total. The van der Waals surface area contributed by atoms with Gasteiger partial charge >= 0.3 is 0 Å². The number of imidazole rings is 1. The third-order valence-electron chi connectivity index (χ3n) is 4.68. The fourth-order valence-corrected chi connectivity index (χ4v) is 3.60. The third-order valence-corrected chi connectivity index (χ3v) is 5.21. The third kappa shape index (κ3) is 4.95. The van der Waals surface area contributed by atoms with Gasteiger partial charge in [0, 0.05) is 30.9 Å². The summed E-state index contributed by atoms with van der Waals surface area (Å²) < 4.78 is 9.59. The molecule has 0 aliphatic heterocycles. The lowest BCUT2D eigenvalue weighted by Crippen LogP contribution is -2.24. The first-order valence-corrected chi connectivity index (χ1v) is 10.6. The number of hydrogen-bond acceptors (Lipinski definition) is 5. The van der Waals surface area contributed by atoms with Crippen LogP contribution in [0.1, 0.15) is 19.0 Å². The lowest BCUT2D eigenvalue weighted by molar-refractivity contribution is -0.121. The van der Waals surface area contributed by atoms with Crippen LogP contribution in [0.3, 0.4) is 0 Å². The summed E-state index contributed by atoms with van der Waals surface area (Å²) in [6.45, 7) is 3.29. The zero-order chi connectivity index (χ0) is 21.8. The molecule has 3 heterocycles. The highest BCUT2D eigenvalue weighted by Gasteiger charge is 2.11. The molecule has 0 unspecified atom stereocenters. The lowest BCUT2D eigenvalue weighted by Gasteiger charge is -2.08. The molecule has 0 saturated heterocycles. The molecule has 1 amide bonds. The van der Waals surface area contributed by atoms with Gasteiger partial charge in [0.2, 0.25) is 5.91 Å². The smallest absolute Gasteiger partial charge is 0.222 e. The second kappa shape index (κ2) is 9.32. The molecule has 0 fully saturated rings. The van der Waals surface area contributed by atoms with E-state index in [1.165, 1.54) is 0 Å². The predicted molar refractivity (Wildman–Crippen MR) is 121 cm³/mol. The number of hydrogen-bond donors (Lipinski definition) is 2. The summed E-state index contributed by atoms with van der Waals surface area (Å²) in [4.78, 5) is 16.9. The molecule has 160 valence electrons. The molecule has 4 rings (SSSR count). The summed E-state index contributed by atoms with van der Waals surface area (Å²) in [5.41, 5.74) is 2.42. The average molecular weight is 457 g/mol. The fourth-order valence-electron chi connectivity index (χ4n) is 3.21. The molecule has 2 N–H and O–H groups in total. The zero-order valence-electron chi connectivity index (χ0n) is 16.8. The summed E-state index contributed by atoms with van der Waals surface area (Å²) in [6.07, 6.45) is 3.88. The molecule has 3 aromatic heterocycles. The topological polar surface area (TPSA) is 89.2 Å². The van der Waals surface area contributed by atoms with Crippen LogP contribution in [-0.4, -0.2) is 36.7 Å². The molecule has 0 saturated carbocycles. The van der Waals surface area contributed by atoms with E-state index < -0.39 is 0 Å². The van der Waals surface area contributed by atoms with Gasteiger partial charge in [-0.3, -0.25) is 14.5 Å². The van der Waals surface area contributed by atoms with Crippen molar-refractivity contribution < 1.29 is 9.53 Å². The van der Waals surface area contributed by atoms with Crippen LogP contribution in [0.25, 0.3) is 17.0 Å². The molecule has 10 heteroatoms. The standard InChI is InChI=1S/C21H21ClN6O2S/c1-2-30-17-6-3-14(4-7-17)20-25-26-21(31)28(20)10-9-19(29)23-11-16-13-27-12-15(22)5-8-18(27)24-16/h3-8,12-13H,2,9-11H2,1H3,(H,23,29)(H,26,31). The van der Waals surface area contributed by atoms with Crippen molar-refractivity contribution in [2.24, 2.45) is 0 Å². The molecule has 31 heavy (non-hydrogen) atoms. The number of fused-ring (bicyclic) bond motifs is 1. The van der Waals surface area contributed by atoms with Crippen LogP contribution in [0.2, 0.25) is 5.02 Å². The van der Waals surface area contributed by atoms with E-state index in [0.29, 0.717) is 35.3 Å². The summed E-state index contributed by atoms with van der Waals surface area (Å²) in [5, 5.41) is 10.6. The van der Waals surface area contributed by atoms with Gasteiger partial charge in [-0.2, -0.15) is 5.10 Å². The Morgan fingerprint density at radius 3 is 2.81 bits per heavy atom. The number of carbonyl (C=O) groups excluding carboxylic acids is 1. The number of halogens is 1. The first-order valence-electron chi connectivity index (χ1n) is 9.82. The summed E-state index contributed by atoms with van der Waals surface area (Å²) in [7, 11) is 0. The lowest BCUT2D eigenvalue weighted by atomic mass is 10.2. The van der Waals surface area contributed by atoms with Crippen molar-refractivity contribution in [2.45, 2.75) is 26.4 Å². The molecule has 0 atom stereocenters. The minimum atomic E-state index is -0.101. The number of aromatic amines is 1. The zero-order valence-corrected chi connectivity index (χ0v) is 18.4. The van der Waals surface area contributed by atoms with Gasteiger partial charge in [0.1, 0.15) is 11.4 Å². The molecular formula is C21H21ClN6O2S. The van der Waals surface area contributed by atoms with E-state index in [1.807, 2.05) is 52.4 Å². The number of aromatic nitrogens is 5. The quantitative estimate of drug-likeness (QED) is 0.391. The van der Waals surface area contributed by atoms with Gasteiger partial charge in [-0.25, -0.2) is 4.98 Å². The fraction of sp³-hybridized carbons (Fsp3) is 0.238. The van der Waals surface area contributed by atoms with E-state index in [2.05, 4.69) is 20.5 Å². The molecule has 4 aromatic rings. The number of nitrogens with zero attached hydrogens (tertiary/aromatic N) is 4. The average Bonchev–Trinajstić information content (AvgIpc) is 3.34. The Labute approximate surface area is 188 Å². The Balaban J connectivity index is 1.38. The monoisotopic (exact) mass is 456 g/mol. The van der Waals surface area contributed by atoms with E-state index in [9.17, 15) is 4.79 Å². The number of benzene rings is 1. The Bertz CT molecular complexity index is 1260. The Hall–Kier alpha value is -3.17. The SMILES string of the molecule is CCOc1ccc(-c2n[nH]c(=S)n2CCC(=O)NCc2cn3cc(Cl)ccc3n2)cc1. The van der Waals surface area contributed by atoms with E-state index in [1.54, 1.807) is 12.3 Å². The van der Waals surface area contributed by atoms with E-state index in [0.717, 1.165) is 22.7 Å². The summed E-state index contributed by atoms with van der Waals surface area (Å²) >= 11 is 11.3. The van der Waals surface area contributed by atoms with Gasteiger partial charge < -0.3 is 14.5 Å². The van der Waals surface area contributed by atoms with Crippen molar-refractivity contribution in [3.8, 4) is 17.1 Å². The van der Waals surface area contributed by atoms with E-state index in [4.69, 9.17) is 28.6 Å².